The molecule has 1 aliphatic heterocycles. The molecule has 0 spiro atoms. The number of rotatable bonds is 7. The van der Waals surface area contributed by atoms with E-state index < -0.39 is 0 Å². The summed E-state index contributed by atoms with van der Waals surface area (Å²) >= 11 is 0. The summed E-state index contributed by atoms with van der Waals surface area (Å²) in [5, 5.41) is 2.87. The molecule has 0 fully saturated rings. The Labute approximate surface area is 163 Å². The maximum absolute atomic E-state index is 12.3. The number of hydrogen-bond acceptors (Lipinski definition) is 4. The highest BCUT2D eigenvalue weighted by Crippen LogP contribution is 2.32. The molecular formula is C23H21NO4. The summed E-state index contributed by atoms with van der Waals surface area (Å²) < 4.78 is 16.5. The van der Waals surface area contributed by atoms with Crippen molar-refractivity contribution in [2.24, 2.45) is 0 Å². The van der Waals surface area contributed by atoms with E-state index in [4.69, 9.17) is 14.2 Å². The fourth-order valence-electron chi connectivity index (χ4n) is 3.07. The summed E-state index contributed by atoms with van der Waals surface area (Å²) in [5.41, 5.74) is 2.89. The second kappa shape index (κ2) is 8.48. The van der Waals surface area contributed by atoms with Crippen LogP contribution < -0.4 is 19.5 Å². The van der Waals surface area contributed by atoms with Crippen LogP contribution in [-0.4, -0.2) is 25.9 Å². The van der Waals surface area contributed by atoms with Crippen LogP contribution in [0.5, 0.6) is 17.2 Å². The molecular weight excluding hydrogens is 354 g/mol. The molecule has 0 saturated heterocycles. The monoisotopic (exact) mass is 375 g/mol. The summed E-state index contributed by atoms with van der Waals surface area (Å²) in [6, 6.07) is 23.4. The van der Waals surface area contributed by atoms with Gasteiger partial charge in [0.05, 0.1) is 6.54 Å². The number of nitrogens with one attached hydrogen (secondary N) is 1. The van der Waals surface area contributed by atoms with Crippen LogP contribution >= 0.6 is 0 Å². The Bertz CT molecular complexity index is 956. The SMILES string of the molecule is O=C(NCCOc1ccccc1Cc1ccccc1)c1ccc2c(c1)OCO2. The van der Waals surface area contributed by atoms with Crippen LogP contribution in [0.1, 0.15) is 21.5 Å². The largest absolute Gasteiger partial charge is 0.491 e. The van der Waals surface area contributed by atoms with E-state index in [2.05, 4.69) is 23.5 Å². The van der Waals surface area contributed by atoms with Crippen molar-refractivity contribution in [1.82, 2.24) is 5.32 Å². The molecule has 28 heavy (non-hydrogen) atoms. The number of hydrogen-bond donors (Lipinski definition) is 1. The molecule has 3 aromatic carbocycles. The number of carbonyl (C=O) groups excluding carboxylic acids is 1. The van der Waals surface area contributed by atoms with Crippen LogP contribution in [0.4, 0.5) is 0 Å². The van der Waals surface area contributed by atoms with Gasteiger partial charge in [0.15, 0.2) is 11.5 Å². The maximum Gasteiger partial charge on any atom is 0.251 e. The van der Waals surface area contributed by atoms with Gasteiger partial charge in [-0.1, -0.05) is 48.5 Å². The number of amides is 1. The van der Waals surface area contributed by atoms with Crippen LogP contribution in [0.2, 0.25) is 0 Å². The topological polar surface area (TPSA) is 56.8 Å². The number of ether oxygens (including phenoxy) is 3. The normalized spacial score (nSPS) is 11.9. The molecule has 0 bridgehead atoms. The minimum Gasteiger partial charge on any atom is -0.491 e. The quantitative estimate of drug-likeness (QED) is 0.638. The van der Waals surface area contributed by atoms with Gasteiger partial charge in [0, 0.05) is 12.0 Å². The van der Waals surface area contributed by atoms with E-state index >= 15 is 0 Å². The fourth-order valence-corrected chi connectivity index (χ4v) is 3.07. The molecule has 0 aromatic heterocycles. The number of fused-ring (bicyclic) bond motifs is 1. The zero-order valence-electron chi connectivity index (χ0n) is 15.4. The molecule has 1 N–H and O–H groups in total. The molecule has 1 amide bonds. The van der Waals surface area contributed by atoms with Gasteiger partial charge in [-0.05, 0) is 35.4 Å². The van der Waals surface area contributed by atoms with E-state index in [-0.39, 0.29) is 12.7 Å². The predicted octanol–water partition coefficient (Wildman–Crippen LogP) is 3.81. The van der Waals surface area contributed by atoms with Crippen LogP contribution in [0, 0.1) is 0 Å². The molecule has 1 aliphatic rings. The van der Waals surface area contributed by atoms with Crippen molar-refractivity contribution in [3.05, 3.63) is 89.5 Å². The minimum atomic E-state index is -0.167. The van der Waals surface area contributed by atoms with E-state index in [1.54, 1.807) is 18.2 Å². The van der Waals surface area contributed by atoms with E-state index in [0.717, 1.165) is 17.7 Å². The van der Waals surface area contributed by atoms with Gasteiger partial charge in [-0.15, -0.1) is 0 Å². The lowest BCUT2D eigenvalue weighted by Crippen LogP contribution is -2.28. The van der Waals surface area contributed by atoms with Gasteiger partial charge in [0.25, 0.3) is 5.91 Å². The number of carbonyl (C=O) groups is 1. The van der Waals surface area contributed by atoms with Crippen LogP contribution in [0.25, 0.3) is 0 Å². The standard InChI is InChI=1S/C23H21NO4/c25-23(19-10-11-21-22(15-19)28-16-27-21)24-12-13-26-20-9-5-4-8-18(20)14-17-6-2-1-3-7-17/h1-11,15H,12-14,16H2,(H,24,25). The maximum atomic E-state index is 12.3. The molecule has 0 saturated carbocycles. The van der Waals surface area contributed by atoms with Crippen molar-refractivity contribution in [2.75, 3.05) is 19.9 Å². The molecule has 5 nitrogen and oxygen atoms in total. The highest BCUT2D eigenvalue weighted by molar-refractivity contribution is 5.94. The Kier molecular flexibility index (Phi) is 5.43. The van der Waals surface area contributed by atoms with Gasteiger partial charge in [0.1, 0.15) is 12.4 Å². The van der Waals surface area contributed by atoms with Gasteiger partial charge in [-0.2, -0.15) is 0 Å². The van der Waals surface area contributed by atoms with Crippen LogP contribution in [0.3, 0.4) is 0 Å². The Balaban J connectivity index is 1.30. The summed E-state index contributed by atoms with van der Waals surface area (Å²) in [6.45, 7) is 0.992. The molecule has 142 valence electrons. The van der Waals surface area contributed by atoms with Gasteiger partial charge in [0.2, 0.25) is 6.79 Å². The minimum absolute atomic E-state index is 0.167. The van der Waals surface area contributed by atoms with Crippen LogP contribution in [-0.2, 0) is 6.42 Å². The Morgan fingerprint density at radius 2 is 1.71 bits per heavy atom. The third-order valence-corrected chi connectivity index (χ3v) is 4.49. The average Bonchev–Trinajstić information content (AvgIpc) is 3.21. The lowest BCUT2D eigenvalue weighted by molar-refractivity contribution is 0.0946. The first-order valence-corrected chi connectivity index (χ1v) is 9.22. The van der Waals surface area contributed by atoms with Crippen molar-refractivity contribution in [2.45, 2.75) is 6.42 Å². The zero-order chi connectivity index (χ0) is 19.2. The molecule has 1 heterocycles. The first-order valence-electron chi connectivity index (χ1n) is 9.22. The highest BCUT2D eigenvalue weighted by atomic mass is 16.7. The van der Waals surface area contributed by atoms with E-state index in [9.17, 15) is 4.79 Å². The van der Waals surface area contributed by atoms with Crippen molar-refractivity contribution in [3.8, 4) is 17.2 Å². The molecule has 3 aromatic rings. The summed E-state index contributed by atoms with van der Waals surface area (Å²) in [4.78, 5) is 12.3. The third-order valence-electron chi connectivity index (χ3n) is 4.49. The molecule has 5 heteroatoms. The summed E-state index contributed by atoms with van der Waals surface area (Å²) in [6.07, 6.45) is 0.806. The Morgan fingerprint density at radius 1 is 0.929 bits per heavy atom. The van der Waals surface area contributed by atoms with Gasteiger partial charge >= 0.3 is 0 Å². The van der Waals surface area contributed by atoms with Crippen LogP contribution in [0.15, 0.2) is 72.8 Å². The molecule has 0 atom stereocenters. The van der Waals surface area contributed by atoms with Crippen molar-refractivity contribution in [3.63, 3.8) is 0 Å². The molecule has 0 unspecified atom stereocenters. The number of benzene rings is 3. The Hall–Kier alpha value is -3.47. The van der Waals surface area contributed by atoms with E-state index in [0.29, 0.717) is 30.2 Å². The summed E-state index contributed by atoms with van der Waals surface area (Å²) in [5.74, 6) is 1.93. The molecule has 0 aliphatic carbocycles. The lowest BCUT2D eigenvalue weighted by Gasteiger charge is -2.12. The summed E-state index contributed by atoms with van der Waals surface area (Å²) in [7, 11) is 0. The van der Waals surface area contributed by atoms with E-state index in [1.807, 2.05) is 36.4 Å². The van der Waals surface area contributed by atoms with Gasteiger partial charge in [-0.25, -0.2) is 0 Å². The third kappa shape index (κ3) is 4.26. The molecule has 4 rings (SSSR count). The van der Waals surface area contributed by atoms with Crippen molar-refractivity contribution >= 4 is 5.91 Å². The first kappa shape index (κ1) is 17.9. The van der Waals surface area contributed by atoms with Gasteiger partial charge < -0.3 is 19.5 Å². The number of para-hydroxylation sites is 1. The van der Waals surface area contributed by atoms with E-state index in [1.165, 1.54) is 5.56 Å². The van der Waals surface area contributed by atoms with Crippen molar-refractivity contribution < 1.29 is 19.0 Å². The second-order valence-electron chi connectivity index (χ2n) is 6.44. The lowest BCUT2D eigenvalue weighted by atomic mass is 10.0. The Morgan fingerprint density at radius 3 is 2.61 bits per heavy atom. The van der Waals surface area contributed by atoms with Crippen molar-refractivity contribution in [1.29, 1.82) is 0 Å². The highest BCUT2D eigenvalue weighted by Gasteiger charge is 2.16. The fraction of sp³-hybridized carbons (Fsp3) is 0.174. The van der Waals surface area contributed by atoms with Gasteiger partial charge in [-0.3, -0.25) is 4.79 Å². The second-order valence-corrected chi connectivity index (χ2v) is 6.44. The smallest absolute Gasteiger partial charge is 0.251 e. The average molecular weight is 375 g/mol. The molecule has 0 radical (unpaired) electrons. The zero-order valence-corrected chi connectivity index (χ0v) is 15.4. The first-order chi connectivity index (χ1) is 13.8. The predicted molar refractivity (Wildman–Crippen MR) is 106 cm³/mol.